The minimum Gasteiger partial charge on any atom is -0.414 e. The Balaban J connectivity index is 1.83. The minimum atomic E-state index is 0.320. The maximum absolute atomic E-state index is 6.28. The number of nitrogens with zero attached hydrogens (tertiary/aromatic N) is 2. The largest absolute Gasteiger partial charge is 0.414 e. The van der Waals surface area contributed by atoms with E-state index in [2.05, 4.69) is 45.2 Å². The van der Waals surface area contributed by atoms with E-state index in [4.69, 9.17) is 16.0 Å². The fourth-order valence-electron chi connectivity index (χ4n) is 1.91. The molecule has 0 atom stereocenters. The zero-order valence-electron chi connectivity index (χ0n) is 11.7. The van der Waals surface area contributed by atoms with Gasteiger partial charge in [0.1, 0.15) is 5.03 Å². The third-order valence-electron chi connectivity index (χ3n) is 3.09. The Morgan fingerprint density at radius 2 is 2.00 bits per heavy atom. The first kappa shape index (κ1) is 15.5. The van der Waals surface area contributed by atoms with Gasteiger partial charge in [0.25, 0.3) is 11.8 Å². The number of benzene rings is 1. The Morgan fingerprint density at radius 3 is 2.64 bits per heavy atom. The summed E-state index contributed by atoms with van der Waals surface area (Å²) >= 11 is 11.2. The van der Waals surface area contributed by atoms with Crippen molar-refractivity contribution in [1.82, 2.24) is 10.2 Å². The lowest BCUT2D eigenvalue weighted by molar-refractivity contribution is 0.558. The van der Waals surface area contributed by atoms with E-state index < -0.39 is 0 Å². The van der Waals surface area contributed by atoms with Crippen LogP contribution in [0.15, 0.2) is 44.6 Å². The Morgan fingerprint density at radius 1 is 1.23 bits per heavy atom. The molecule has 112 valence electrons. The van der Waals surface area contributed by atoms with Crippen molar-refractivity contribution in [1.29, 1.82) is 0 Å². The molecule has 0 bridgehead atoms. The smallest absolute Gasteiger partial charge is 0.259 e. The summed E-state index contributed by atoms with van der Waals surface area (Å²) in [6.07, 6.45) is 2.84. The Hall–Kier alpha value is -1.43. The number of thiophene rings is 1. The molecule has 0 unspecified atom stereocenters. The van der Waals surface area contributed by atoms with Gasteiger partial charge in [-0.25, -0.2) is 0 Å². The molecule has 0 saturated heterocycles. The maximum Gasteiger partial charge on any atom is 0.259 e. The van der Waals surface area contributed by atoms with Crippen LogP contribution < -0.4 is 0 Å². The van der Waals surface area contributed by atoms with E-state index in [-0.39, 0.29) is 0 Å². The van der Waals surface area contributed by atoms with Crippen LogP contribution in [-0.2, 0) is 6.42 Å². The first-order valence-corrected chi connectivity index (χ1v) is 8.70. The topological polar surface area (TPSA) is 38.9 Å². The molecule has 0 aliphatic rings. The lowest BCUT2D eigenvalue weighted by atomic mass is 10.1. The summed E-state index contributed by atoms with van der Waals surface area (Å²) < 4.78 is 6.64. The predicted molar refractivity (Wildman–Crippen MR) is 94.9 cm³/mol. The van der Waals surface area contributed by atoms with Gasteiger partial charge in [-0.15, -0.1) is 21.5 Å². The van der Waals surface area contributed by atoms with Gasteiger partial charge in [0.15, 0.2) is 0 Å². The predicted octanol–water partition coefficient (Wildman–Crippen LogP) is 5.86. The van der Waals surface area contributed by atoms with Crippen molar-refractivity contribution >= 4 is 50.0 Å². The van der Waals surface area contributed by atoms with Crippen molar-refractivity contribution in [2.24, 2.45) is 0 Å². The first-order valence-electron chi connectivity index (χ1n) is 6.71. The molecular weight excluding hydrogens is 384 g/mol. The van der Waals surface area contributed by atoms with Crippen molar-refractivity contribution in [2.45, 2.75) is 13.3 Å². The van der Waals surface area contributed by atoms with E-state index in [0.717, 1.165) is 20.6 Å². The molecule has 0 spiro atoms. The molecule has 2 aromatic heterocycles. The second-order valence-electron chi connectivity index (χ2n) is 4.60. The lowest BCUT2D eigenvalue weighted by Crippen LogP contribution is -1.81. The Bertz CT molecular complexity index is 808. The average molecular weight is 396 g/mol. The van der Waals surface area contributed by atoms with Crippen LogP contribution in [0.25, 0.3) is 21.9 Å². The van der Waals surface area contributed by atoms with Gasteiger partial charge in [-0.2, -0.15) is 0 Å². The summed E-state index contributed by atoms with van der Waals surface area (Å²) in [4.78, 5) is 0.905. The summed E-state index contributed by atoms with van der Waals surface area (Å²) in [5.74, 6) is 0.791. The standard InChI is InChI=1S/C16H12BrClN2OS/c1-2-10-3-5-11(6-4-10)9-12(18)15-19-20-16(21-15)13-7-8-14(17)22-13/h3-9H,2H2,1H3/b12-9-. The SMILES string of the molecule is CCc1ccc(/C=C(\Cl)c2nnc(-c3ccc(Br)s3)o2)cc1. The van der Waals surface area contributed by atoms with Gasteiger partial charge in [-0.3, -0.25) is 0 Å². The molecule has 22 heavy (non-hydrogen) atoms. The van der Waals surface area contributed by atoms with E-state index in [9.17, 15) is 0 Å². The second kappa shape index (κ2) is 6.77. The molecule has 0 saturated carbocycles. The van der Waals surface area contributed by atoms with E-state index in [1.807, 2.05) is 30.3 Å². The van der Waals surface area contributed by atoms with Gasteiger partial charge in [0.05, 0.1) is 8.66 Å². The van der Waals surface area contributed by atoms with Crippen molar-refractivity contribution in [3.8, 4) is 10.8 Å². The van der Waals surface area contributed by atoms with Gasteiger partial charge >= 0.3 is 0 Å². The van der Waals surface area contributed by atoms with Crippen LogP contribution in [0.4, 0.5) is 0 Å². The van der Waals surface area contributed by atoms with Gasteiger partial charge in [0, 0.05) is 0 Å². The van der Waals surface area contributed by atoms with E-state index >= 15 is 0 Å². The van der Waals surface area contributed by atoms with Crippen molar-refractivity contribution < 1.29 is 4.42 Å². The quantitative estimate of drug-likeness (QED) is 0.555. The minimum absolute atomic E-state index is 0.320. The maximum atomic E-state index is 6.28. The molecule has 0 aliphatic carbocycles. The van der Waals surface area contributed by atoms with Crippen molar-refractivity contribution in [3.63, 3.8) is 0 Å². The van der Waals surface area contributed by atoms with Gasteiger partial charge in [0.2, 0.25) is 0 Å². The Labute approximate surface area is 145 Å². The molecule has 0 amide bonds. The number of rotatable bonds is 4. The molecule has 0 fully saturated rings. The van der Waals surface area contributed by atoms with Crippen LogP contribution in [-0.4, -0.2) is 10.2 Å². The molecule has 2 heterocycles. The van der Waals surface area contributed by atoms with Crippen LogP contribution in [0.5, 0.6) is 0 Å². The van der Waals surface area contributed by atoms with Crippen LogP contribution in [0.3, 0.4) is 0 Å². The zero-order valence-corrected chi connectivity index (χ0v) is 14.9. The van der Waals surface area contributed by atoms with Crippen LogP contribution in [0.1, 0.15) is 23.9 Å². The summed E-state index contributed by atoms with van der Waals surface area (Å²) in [5, 5.41) is 8.47. The summed E-state index contributed by atoms with van der Waals surface area (Å²) in [5.41, 5.74) is 2.29. The molecule has 3 nitrogen and oxygen atoms in total. The number of hydrogen-bond donors (Lipinski definition) is 0. The average Bonchev–Trinajstić information content (AvgIpc) is 3.16. The third kappa shape index (κ3) is 3.48. The van der Waals surface area contributed by atoms with Crippen LogP contribution >= 0.6 is 38.9 Å². The molecule has 3 aromatic rings. The highest BCUT2D eigenvalue weighted by molar-refractivity contribution is 9.11. The molecule has 0 aliphatic heterocycles. The number of halogens is 2. The summed E-state index contributed by atoms with van der Waals surface area (Å²) in [6.45, 7) is 2.13. The molecule has 1 aromatic carbocycles. The number of hydrogen-bond acceptors (Lipinski definition) is 4. The normalized spacial score (nSPS) is 11.9. The van der Waals surface area contributed by atoms with Gasteiger partial charge < -0.3 is 4.42 Å². The monoisotopic (exact) mass is 394 g/mol. The molecule has 0 radical (unpaired) electrons. The van der Waals surface area contributed by atoms with E-state index in [1.165, 1.54) is 16.9 Å². The fraction of sp³-hybridized carbons (Fsp3) is 0.125. The van der Waals surface area contributed by atoms with Crippen LogP contribution in [0.2, 0.25) is 0 Å². The summed E-state index contributed by atoms with van der Waals surface area (Å²) in [7, 11) is 0. The van der Waals surface area contributed by atoms with E-state index in [1.54, 1.807) is 0 Å². The van der Waals surface area contributed by atoms with E-state index in [0.29, 0.717) is 16.8 Å². The molecular formula is C16H12BrClN2OS. The lowest BCUT2D eigenvalue weighted by Gasteiger charge is -1.98. The molecule has 3 rings (SSSR count). The fourth-order valence-corrected chi connectivity index (χ4v) is 3.42. The Kier molecular flexibility index (Phi) is 4.76. The molecule has 0 N–H and O–H groups in total. The third-order valence-corrected chi connectivity index (χ3v) is 4.98. The van der Waals surface area contributed by atoms with Crippen LogP contribution in [0, 0.1) is 0 Å². The first-order chi connectivity index (χ1) is 10.7. The van der Waals surface area contributed by atoms with Gasteiger partial charge in [-0.05, 0) is 51.7 Å². The highest BCUT2D eigenvalue weighted by Gasteiger charge is 2.12. The summed E-state index contributed by atoms with van der Waals surface area (Å²) in [6, 6.07) is 12.1. The van der Waals surface area contributed by atoms with Gasteiger partial charge in [-0.1, -0.05) is 42.8 Å². The highest BCUT2D eigenvalue weighted by Crippen LogP contribution is 2.32. The zero-order chi connectivity index (χ0) is 15.5. The highest BCUT2D eigenvalue weighted by atomic mass is 79.9. The molecule has 6 heteroatoms. The second-order valence-corrected chi connectivity index (χ2v) is 7.47. The van der Waals surface area contributed by atoms with Crippen molar-refractivity contribution in [2.75, 3.05) is 0 Å². The number of aryl methyl sites for hydroxylation is 1. The number of aromatic nitrogens is 2. The van der Waals surface area contributed by atoms with Crippen molar-refractivity contribution in [3.05, 3.63) is 57.2 Å².